The molecule has 0 atom stereocenters. The molecule has 0 amide bonds. The number of aryl methyl sites for hydroxylation is 5. The van der Waals surface area contributed by atoms with Crippen LogP contribution in [0.2, 0.25) is 0 Å². The van der Waals surface area contributed by atoms with Crippen LogP contribution < -0.4 is 0 Å². The molecular weight excluding hydrogens is 2220 g/mol. The second-order valence-corrected chi connectivity index (χ2v) is 13.2. The van der Waals surface area contributed by atoms with Crippen LogP contribution in [0.5, 0.6) is 0 Å². The summed E-state index contributed by atoms with van der Waals surface area (Å²) in [6.07, 6.45) is -28.4. The van der Waals surface area contributed by atoms with Crippen LogP contribution in [0.25, 0.3) is 0 Å². The molecule has 0 aromatic carbocycles. The number of pyridine rings is 6. The summed E-state index contributed by atoms with van der Waals surface area (Å²) < 4.78 is 256. The van der Waals surface area contributed by atoms with Crippen LogP contribution in [0.1, 0.15) is 112 Å². The number of halogens is 21. The molecule has 0 bridgehead atoms. The van der Waals surface area contributed by atoms with Gasteiger partial charge in [0.15, 0.2) is 0 Å². The molecule has 0 unspecified atom stereocenters. The van der Waals surface area contributed by atoms with Gasteiger partial charge in [0, 0.05) is 195 Å². The van der Waals surface area contributed by atoms with Crippen molar-refractivity contribution in [3.8, 4) is 0 Å². The van der Waals surface area contributed by atoms with E-state index in [1.165, 1.54) is 12.3 Å². The third-order valence-corrected chi connectivity index (χ3v) is 7.64. The molecular formula is C54H75F21N6Ta6-6. The second-order valence-electron chi connectivity index (χ2n) is 13.2. The first kappa shape index (κ1) is 134. The van der Waals surface area contributed by atoms with Crippen molar-refractivity contribution in [2.24, 2.45) is 0 Å². The van der Waals surface area contributed by atoms with Gasteiger partial charge in [-0.2, -0.15) is 92.2 Å². The Morgan fingerprint density at radius 1 is 0.276 bits per heavy atom. The molecule has 6 heterocycles. The van der Waals surface area contributed by atoms with Gasteiger partial charge >= 0.3 is 43.2 Å². The van der Waals surface area contributed by atoms with Crippen LogP contribution in [-0.2, 0) is 178 Å². The van der Waals surface area contributed by atoms with E-state index in [4.69, 9.17) is 0 Å². The van der Waals surface area contributed by atoms with Gasteiger partial charge in [-0.15, -0.1) is 0 Å². The molecule has 6 rings (SSSR count). The molecule has 0 spiro atoms. The fourth-order valence-electron chi connectivity index (χ4n) is 4.78. The Hall–Kier alpha value is -2.13. The molecule has 0 saturated heterocycles. The van der Waals surface area contributed by atoms with Gasteiger partial charge in [0.05, 0.1) is 50.3 Å². The number of aromatic nitrogens is 6. The molecule has 6 aromatic rings. The SMILES string of the molecule is C.C.C.C.C.C.Cc1cccc(C)n1.Cc1ccccn1.Cc1nc(C)c(C(F)(F)F)c(C(F)(F)F)c1C(F)(F)F.FC(F)(F)c1cccnc1.FC(F)(F)c1ccncc1.FC(F)(F)c1cncc(C(F)(F)F)c1.[CH3-].[CH3-].[CH3-].[CH3-].[CH3-].[CH3-].[Ta].[Ta].[Ta].[Ta].[Ta].[Ta]. The minimum absolute atomic E-state index is 0. The van der Waals surface area contributed by atoms with Gasteiger partial charge < -0.3 is 44.6 Å². The largest absolute Gasteiger partial charge is 0.418 e. The Morgan fingerprint density at radius 2 is 0.598 bits per heavy atom. The molecule has 504 valence electrons. The van der Waals surface area contributed by atoms with Crippen molar-refractivity contribution in [2.45, 2.75) is 122 Å². The van der Waals surface area contributed by atoms with Gasteiger partial charge in [-0.3, -0.25) is 29.9 Å². The molecule has 0 aliphatic rings. The number of hydrogen-bond donors (Lipinski definition) is 0. The van der Waals surface area contributed by atoms with Crippen LogP contribution >= 0.6 is 0 Å². The Kier molecular flexibility index (Phi) is 88.6. The fourth-order valence-corrected chi connectivity index (χ4v) is 4.78. The maximum Gasteiger partial charge on any atom is 0.418 e. The second kappa shape index (κ2) is 57.7. The van der Waals surface area contributed by atoms with E-state index in [1.807, 2.05) is 57.2 Å². The molecule has 0 N–H and O–H groups in total. The summed E-state index contributed by atoms with van der Waals surface area (Å²) >= 11 is 0. The maximum absolute atomic E-state index is 12.7. The third-order valence-electron chi connectivity index (χ3n) is 7.64. The molecule has 87 heavy (non-hydrogen) atoms. The standard InChI is InChI=1S/C10H6F9N.C7H3F6N.C7H9N.2C6H4F3N.C6H7N.6CH4.6CH3.6Ta/c1-3-5(8(11,12)13)7(10(17,18)19)6(4(2)20-3)9(14,15)16;8-6(9,10)4-1-5(3-14-2-4)7(11,12)13;1-6-4-3-5-7(2)8-6;7-6(8,9)5-1-3-10-4-2-5;7-6(8,9)5-2-1-3-10-4-5;1-6-4-2-3-5-7-6;;;;;;;;;;;;;;;;;;/h1-2H3;1-3H;3-5H,1-2H3;2*1-4H;2-5H,1H3;6*1H4;6*1H3;;;;;;/q;;;;;;;;;;;;6*-1;;;;;;. The molecule has 33 heteroatoms. The first-order valence-corrected chi connectivity index (χ1v) is 18.3. The zero-order valence-electron chi connectivity index (χ0n) is 44.2. The van der Waals surface area contributed by atoms with E-state index in [0.29, 0.717) is 26.2 Å². The summed E-state index contributed by atoms with van der Waals surface area (Å²) in [7, 11) is 0. The van der Waals surface area contributed by atoms with Gasteiger partial charge in [-0.05, 0) is 89.2 Å². The van der Waals surface area contributed by atoms with Crippen LogP contribution in [0, 0.1) is 79.2 Å². The van der Waals surface area contributed by atoms with E-state index in [0.717, 1.165) is 53.9 Å². The number of alkyl halides is 21. The van der Waals surface area contributed by atoms with Crippen molar-refractivity contribution in [1.82, 2.24) is 29.9 Å². The van der Waals surface area contributed by atoms with Crippen LogP contribution in [0.3, 0.4) is 0 Å². The van der Waals surface area contributed by atoms with Gasteiger partial charge in [-0.25, -0.2) is 0 Å². The average Bonchev–Trinajstić information content (AvgIpc) is 3.20. The molecule has 0 aliphatic carbocycles. The van der Waals surface area contributed by atoms with Gasteiger partial charge in [0.1, 0.15) is 0 Å². The van der Waals surface area contributed by atoms with Crippen molar-refractivity contribution in [3.05, 3.63) is 222 Å². The minimum Gasteiger partial charge on any atom is -0.358 e. The summed E-state index contributed by atoms with van der Waals surface area (Å²) in [5.74, 6) is 0. The van der Waals surface area contributed by atoms with Crippen molar-refractivity contribution in [1.29, 1.82) is 0 Å². The number of hydrogen-bond acceptors (Lipinski definition) is 6. The topological polar surface area (TPSA) is 77.3 Å². The number of nitrogens with zero attached hydrogens (tertiary/aromatic N) is 6. The normalized spacial score (nSPS) is 9.45. The quantitative estimate of drug-likeness (QED) is 0.111. The molecule has 6 radical (unpaired) electrons. The van der Waals surface area contributed by atoms with Crippen molar-refractivity contribution >= 4 is 0 Å². The van der Waals surface area contributed by atoms with Gasteiger partial charge in [-0.1, -0.05) is 56.7 Å². The summed E-state index contributed by atoms with van der Waals surface area (Å²) in [6.45, 7) is 7.11. The summed E-state index contributed by atoms with van der Waals surface area (Å²) in [5, 5.41) is 0. The van der Waals surface area contributed by atoms with E-state index in [-0.39, 0.29) is 229 Å². The molecule has 6 aromatic heterocycles. The molecule has 0 aliphatic heterocycles. The molecule has 0 fully saturated rings. The van der Waals surface area contributed by atoms with E-state index in [9.17, 15) is 92.2 Å². The van der Waals surface area contributed by atoms with Crippen molar-refractivity contribution in [3.63, 3.8) is 0 Å². The maximum atomic E-state index is 12.7. The Balaban J connectivity index is -0.0000000405. The van der Waals surface area contributed by atoms with Crippen LogP contribution in [-0.4, -0.2) is 29.9 Å². The molecule has 0 saturated carbocycles. The van der Waals surface area contributed by atoms with Gasteiger partial charge in [0.25, 0.3) is 0 Å². The number of rotatable bonds is 0. The predicted octanol–water partition coefficient (Wildman–Crippen LogP) is 21.7. The molecule has 6 nitrogen and oxygen atoms in total. The minimum atomic E-state index is -5.81. The van der Waals surface area contributed by atoms with E-state index in [2.05, 4.69) is 29.9 Å². The smallest absolute Gasteiger partial charge is 0.358 e. The van der Waals surface area contributed by atoms with E-state index in [1.54, 1.807) is 6.20 Å². The fraction of sp³-hybridized carbons (Fsp3) is 0.333. The Morgan fingerprint density at radius 3 is 0.805 bits per heavy atom. The first-order chi connectivity index (χ1) is 31.3. The summed E-state index contributed by atoms with van der Waals surface area (Å²) in [4.78, 5) is 20.8. The Bertz CT molecular complexity index is 2350. The van der Waals surface area contributed by atoms with Crippen molar-refractivity contribution < 1.29 is 226 Å². The third kappa shape index (κ3) is 52.1. The van der Waals surface area contributed by atoms with E-state index >= 15 is 0 Å². The first-order valence-electron chi connectivity index (χ1n) is 18.3. The van der Waals surface area contributed by atoms with Crippen molar-refractivity contribution in [2.75, 3.05) is 0 Å². The van der Waals surface area contributed by atoms with Crippen LogP contribution in [0.4, 0.5) is 92.2 Å². The summed E-state index contributed by atoms with van der Waals surface area (Å²) in [6, 6.07) is 16.0. The zero-order chi connectivity index (χ0) is 53.4. The Labute approximate surface area is 595 Å². The van der Waals surface area contributed by atoms with E-state index < -0.39 is 93.6 Å². The summed E-state index contributed by atoms with van der Waals surface area (Å²) in [5.41, 5.74) is -10.8. The average molecular weight is 2290 g/mol. The van der Waals surface area contributed by atoms with Crippen LogP contribution in [0.15, 0.2) is 110 Å². The zero-order valence-corrected chi connectivity index (χ0v) is 63.5. The monoisotopic (exact) mass is 2290 g/mol. The van der Waals surface area contributed by atoms with Gasteiger partial charge in [0.2, 0.25) is 0 Å². The predicted molar refractivity (Wildman–Crippen MR) is 283 cm³/mol.